The van der Waals surface area contributed by atoms with Gasteiger partial charge in [0.25, 0.3) is 0 Å². The SMILES string of the molecule is Cc1nc(Nc2cc(C3CCN(C4CCOC4)CC3)c(C)cc2C=N)cc(N2CCOC(C)(CO)C2)n1. The number of aromatic nitrogens is 2. The molecule has 1 aromatic carbocycles. The quantitative estimate of drug-likeness (QED) is 0.489. The third-order valence-electron chi connectivity index (χ3n) is 8.07. The topological polar surface area (TPSA) is 107 Å². The van der Waals surface area contributed by atoms with Crippen LogP contribution in [0.15, 0.2) is 18.2 Å². The van der Waals surface area contributed by atoms with Crippen molar-refractivity contribution in [3.05, 3.63) is 40.7 Å². The Labute approximate surface area is 219 Å². The number of nitrogens with zero attached hydrogens (tertiary/aromatic N) is 4. The summed E-state index contributed by atoms with van der Waals surface area (Å²) in [5.41, 5.74) is 3.73. The lowest BCUT2D eigenvalue weighted by atomic mass is 9.85. The van der Waals surface area contributed by atoms with Gasteiger partial charge in [0.2, 0.25) is 0 Å². The number of morpholine rings is 1. The lowest BCUT2D eigenvalue weighted by Gasteiger charge is -2.40. The van der Waals surface area contributed by atoms with E-state index in [2.05, 4.69) is 44.1 Å². The van der Waals surface area contributed by atoms with Crippen LogP contribution in [-0.2, 0) is 9.47 Å². The van der Waals surface area contributed by atoms with Gasteiger partial charge in [-0.2, -0.15) is 0 Å². The zero-order valence-corrected chi connectivity index (χ0v) is 22.3. The van der Waals surface area contributed by atoms with Gasteiger partial charge in [0.15, 0.2) is 0 Å². The summed E-state index contributed by atoms with van der Waals surface area (Å²) in [7, 11) is 0. The summed E-state index contributed by atoms with van der Waals surface area (Å²) in [5.74, 6) is 2.69. The second kappa shape index (κ2) is 11.0. The van der Waals surface area contributed by atoms with Gasteiger partial charge in [-0.1, -0.05) is 0 Å². The Morgan fingerprint density at radius 3 is 2.65 bits per heavy atom. The summed E-state index contributed by atoms with van der Waals surface area (Å²) in [6, 6.07) is 6.87. The number of ether oxygens (including phenoxy) is 2. The molecule has 2 atom stereocenters. The molecule has 5 rings (SSSR count). The zero-order valence-electron chi connectivity index (χ0n) is 22.3. The van der Waals surface area contributed by atoms with E-state index in [0.717, 1.165) is 62.6 Å². The Morgan fingerprint density at radius 2 is 1.95 bits per heavy atom. The number of anilines is 3. The Kier molecular flexibility index (Phi) is 7.76. The maximum atomic E-state index is 9.78. The largest absolute Gasteiger partial charge is 0.393 e. The average molecular weight is 509 g/mol. The molecule has 2 aromatic rings. The fourth-order valence-electron chi connectivity index (χ4n) is 5.94. The Balaban J connectivity index is 1.35. The van der Waals surface area contributed by atoms with Crippen molar-refractivity contribution in [2.75, 3.05) is 62.8 Å². The van der Waals surface area contributed by atoms with E-state index in [4.69, 9.17) is 14.9 Å². The van der Waals surface area contributed by atoms with Gasteiger partial charge in [0, 0.05) is 42.7 Å². The van der Waals surface area contributed by atoms with Gasteiger partial charge < -0.3 is 30.2 Å². The van der Waals surface area contributed by atoms with Gasteiger partial charge in [0.05, 0.1) is 26.4 Å². The molecule has 0 spiro atoms. The highest BCUT2D eigenvalue weighted by atomic mass is 16.5. The molecule has 9 heteroatoms. The molecule has 2 unspecified atom stereocenters. The fraction of sp³-hybridized carbons (Fsp3) is 0.607. The standard InChI is InChI=1S/C28H40N6O3/c1-19-12-22(15-29)25(13-24(19)21-4-7-33(8-5-21)23-6-10-36-16-23)32-26-14-27(31-20(2)30-26)34-9-11-37-28(3,17-34)18-35/h12-15,21,23,29,35H,4-11,16-18H2,1-3H3,(H,30,31,32). The number of piperidine rings is 1. The van der Waals surface area contributed by atoms with Crippen molar-refractivity contribution in [3.63, 3.8) is 0 Å². The molecule has 9 nitrogen and oxygen atoms in total. The van der Waals surface area contributed by atoms with Gasteiger partial charge in [-0.3, -0.25) is 4.90 Å². The predicted molar refractivity (Wildman–Crippen MR) is 146 cm³/mol. The highest BCUT2D eigenvalue weighted by Crippen LogP contribution is 2.35. The first-order valence-corrected chi connectivity index (χ1v) is 13.5. The van der Waals surface area contributed by atoms with Crippen LogP contribution in [0.1, 0.15) is 54.6 Å². The summed E-state index contributed by atoms with van der Waals surface area (Å²) < 4.78 is 11.4. The number of aliphatic hydroxyl groups excluding tert-OH is 1. The predicted octanol–water partition coefficient (Wildman–Crippen LogP) is 3.39. The van der Waals surface area contributed by atoms with E-state index in [1.54, 1.807) is 0 Å². The van der Waals surface area contributed by atoms with Crippen molar-refractivity contribution in [2.45, 2.75) is 57.6 Å². The van der Waals surface area contributed by atoms with Crippen LogP contribution in [-0.4, -0.2) is 90.4 Å². The van der Waals surface area contributed by atoms with Crippen molar-refractivity contribution in [3.8, 4) is 0 Å². The summed E-state index contributed by atoms with van der Waals surface area (Å²) in [6.45, 7) is 11.7. The van der Waals surface area contributed by atoms with Crippen molar-refractivity contribution in [1.82, 2.24) is 14.9 Å². The van der Waals surface area contributed by atoms with E-state index < -0.39 is 5.60 Å². The van der Waals surface area contributed by atoms with E-state index in [0.29, 0.717) is 43.3 Å². The third-order valence-corrected chi connectivity index (χ3v) is 8.07. The molecule has 0 bridgehead atoms. The molecule has 0 saturated carbocycles. The van der Waals surface area contributed by atoms with Crippen LogP contribution in [0.3, 0.4) is 0 Å². The molecular weight excluding hydrogens is 468 g/mol. The minimum absolute atomic E-state index is 0.0408. The van der Waals surface area contributed by atoms with Crippen LogP contribution in [0.2, 0.25) is 0 Å². The van der Waals surface area contributed by atoms with Crippen molar-refractivity contribution in [1.29, 1.82) is 5.41 Å². The van der Waals surface area contributed by atoms with Crippen LogP contribution in [0.25, 0.3) is 0 Å². The molecule has 0 radical (unpaired) electrons. The minimum Gasteiger partial charge on any atom is -0.393 e. The molecule has 0 amide bonds. The molecule has 3 aliphatic heterocycles. The Bertz CT molecular complexity index is 1110. The van der Waals surface area contributed by atoms with Crippen LogP contribution in [0.4, 0.5) is 17.3 Å². The summed E-state index contributed by atoms with van der Waals surface area (Å²) in [6.07, 6.45) is 4.83. The number of likely N-dealkylation sites (tertiary alicyclic amines) is 1. The molecule has 37 heavy (non-hydrogen) atoms. The van der Waals surface area contributed by atoms with Gasteiger partial charge in [-0.15, -0.1) is 0 Å². The number of aryl methyl sites for hydroxylation is 2. The summed E-state index contributed by atoms with van der Waals surface area (Å²) >= 11 is 0. The normalized spacial score (nSPS) is 25.4. The average Bonchev–Trinajstić information content (AvgIpc) is 3.44. The smallest absolute Gasteiger partial charge is 0.136 e. The van der Waals surface area contributed by atoms with E-state index in [9.17, 15) is 5.11 Å². The first kappa shape index (κ1) is 26.0. The maximum absolute atomic E-state index is 9.78. The number of aliphatic hydroxyl groups is 1. The number of benzene rings is 1. The second-order valence-electron chi connectivity index (χ2n) is 10.9. The monoisotopic (exact) mass is 508 g/mol. The summed E-state index contributed by atoms with van der Waals surface area (Å²) in [4.78, 5) is 14.1. The van der Waals surface area contributed by atoms with Crippen LogP contribution < -0.4 is 10.2 Å². The molecule has 200 valence electrons. The molecule has 3 N–H and O–H groups in total. The Hall–Kier alpha value is -2.59. The highest BCUT2D eigenvalue weighted by Gasteiger charge is 2.32. The lowest BCUT2D eigenvalue weighted by molar-refractivity contribution is -0.0745. The number of hydrogen-bond donors (Lipinski definition) is 3. The van der Waals surface area contributed by atoms with Crippen LogP contribution in [0, 0.1) is 19.3 Å². The third kappa shape index (κ3) is 5.80. The number of nitrogens with one attached hydrogen (secondary N) is 2. The van der Waals surface area contributed by atoms with Crippen molar-refractivity contribution >= 4 is 23.5 Å². The molecular formula is C28H40N6O3. The van der Waals surface area contributed by atoms with Crippen molar-refractivity contribution in [2.24, 2.45) is 0 Å². The number of hydrogen-bond acceptors (Lipinski definition) is 9. The molecule has 3 saturated heterocycles. The number of rotatable bonds is 7. The van der Waals surface area contributed by atoms with Gasteiger partial charge in [0.1, 0.15) is 23.1 Å². The van der Waals surface area contributed by atoms with Crippen LogP contribution >= 0.6 is 0 Å². The molecule has 3 aliphatic rings. The first-order chi connectivity index (χ1) is 17.9. The Morgan fingerprint density at radius 1 is 1.14 bits per heavy atom. The van der Waals surface area contributed by atoms with Gasteiger partial charge in [-0.25, -0.2) is 9.97 Å². The van der Waals surface area contributed by atoms with Gasteiger partial charge >= 0.3 is 0 Å². The van der Waals surface area contributed by atoms with E-state index in [1.165, 1.54) is 17.3 Å². The minimum atomic E-state index is -0.607. The molecule has 3 fully saturated rings. The molecule has 4 heterocycles. The fourth-order valence-corrected chi connectivity index (χ4v) is 5.94. The second-order valence-corrected chi connectivity index (χ2v) is 10.9. The highest BCUT2D eigenvalue weighted by molar-refractivity contribution is 5.88. The molecule has 1 aromatic heterocycles. The van der Waals surface area contributed by atoms with Crippen molar-refractivity contribution < 1.29 is 14.6 Å². The maximum Gasteiger partial charge on any atom is 0.136 e. The first-order valence-electron chi connectivity index (χ1n) is 13.5. The van der Waals surface area contributed by atoms with E-state index in [1.807, 2.05) is 19.9 Å². The summed E-state index contributed by atoms with van der Waals surface area (Å²) in [5, 5.41) is 21.3. The zero-order chi connectivity index (χ0) is 26.0. The lowest BCUT2D eigenvalue weighted by Crippen LogP contribution is -2.52. The molecule has 0 aliphatic carbocycles. The van der Waals surface area contributed by atoms with E-state index >= 15 is 0 Å². The van der Waals surface area contributed by atoms with E-state index in [-0.39, 0.29) is 6.61 Å². The van der Waals surface area contributed by atoms with Crippen LogP contribution in [0.5, 0.6) is 0 Å². The van der Waals surface area contributed by atoms with Gasteiger partial charge in [-0.05, 0) is 82.3 Å².